The van der Waals surface area contributed by atoms with Gasteiger partial charge >= 0.3 is 0 Å². The maximum Gasteiger partial charge on any atom is 0.274 e. The highest BCUT2D eigenvalue weighted by Crippen LogP contribution is 2.33. The number of carbonyl (C=O) groups is 2. The van der Waals surface area contributed by atoms with Crippen LogP contribution in [0.5, 0.6) is 0 Å². The highest BCUT2D eigenvalue weighted by atomic mass is 79.9. The Hall–Kier alpha value is -2.52. The van der Waals surface area contributed by atoms with Gasteiger partial charge in [-0.1, -0.05) is 6.07 Å². The Kier molecular flexibility index (Phi) is 5.75. The molecule has 8 nitrogen and oxygen atoms in total. The lowest BCUT2D eigenvalue weighted by Gasteiger charge is -2.33. The molecule has 9 heteroatoms. The molecule has 158 valence electrons. The summed E-state index contributed by atoms with van der Waals surface area (Å²) < 4.78 is 0.612. The van der Waals surface area contributed by atoms with Gasteiger partial charge in [0, 0.05) is 31.9 Å². The van der Waals surface area contributed by atoms with Gasteiger partial charge in [0.05, 0.1) is 17.7 Å². The van der Waals surface area contributed by atoms with Crippen LogP contribution in [0.2, 0.25) is 0 Å². The van der Waals surface area contributed by atoms with Crippen molar-refractivity contribution in [2.75, 3.05) is 46.3 Å². The predicted molar refractivity (Wildman–Crippen MR) is 118 cm³/mol. The van der Waals surface area contributed by atoms with E-state index in [1.165, 1.54) is 0 Å². The minimum atomic E-state index is -0.357. The van der Waals surface area contributed by atoms with Crippen molar-refractivity contribution in [1.82, 2.24) is 25.1 Å². The van der Waals surface area contributed by atoms with Crippen molar-refractivity contribution in [3.63, 3.8) is 0 Å². The molecule has 1 aliphatic carbocycles. The number of nitrogens with zero attached hydrogens (tertiary/aromatic N) is 5. The van der Waals surface area contributed by atoms with Crippen LogP contribution in [0.1, 0.15) is 17.4 Å². The van der Waals surface area contributed by atoms with Crippen LogP contribution >= 0.6 is 15.9 Å². The first-order valence-electron chi connectivity index (χ1n) is 9.98. The number of likely N-dealkylation sites (N-methyl/N-ethyl adjacent to an activating group) is 1. The average molecular weight is 473 g/mol. The molecule has 0 aromatic carbocycles. The zero-order valence-corrected chi connectivity index (χ0v) is 18.7. The first-order chi connectivity index (χ1) is 14.3. The number of halogens is 1. The van der Waals surface area contributed by atoms with E-state index in [4.69, 9.17) is 0 Å². The normalized spacial score (nSPS) is 23.7. The SMILES string of the molecule is CN1CCN(C(=O)CN2CC3(C)C=C(NC(=O)c4cccc(Br)n4)C=CC3=N2)CC1. The number of fused-ring (bicyclic) bond motifs is 1. The fraction of sp³-hybridized carbons (Fsp3) is 0.429. The maximum absolute atomic E-state index is 12.7. The standard InChI is InChI=1S/C21H25BrN6O2/c1-21-12-15(23-20(30)16-4-3-5-18(22)24-16)6-7-17(21)25-28(14-21)13-19(29)27-10-8-26(2)9-11-27/h3-7,12H,8-11,13-14H2,1-2H3,(H,23,30). The highest BCUT2D eigenvalue weighted by molar-refractivity contribution is 9.10. The smallest absolute Gasteiger partial charge is 0.274 e. The number of hydrazone groups is 1. The molecule has 0 saturated carbocycles. The number of hydrogen-bond acceptors (Lipinski definition) is 6. The van der Waals surface area contributed by atoms with Gasteiger partial charge in [-0.05, 0) is 60.3 Å². The summed E-state index contributed by atoms with van der Waals surface area (Å²) in [6.45, 7) is 6.26. The van der Waals surface area contributed by atoms with Crippen LogP contribution in [0.25, 0.3) is 0 Å². The summed E-state index contributed by atoms with van der Waals surface area (Å²) in [4.78, 5) is 33.5. The number of rotatable bonds is 4. The van der Waals surface area contributed by atoms with Crippen molar-refractivity contribution < 1.29 is 9.59 Å². The highest BCUT2D eigenvalue weighted by Gasteiger charge is 2.38. The Bertz CT molecular complexity index is 951. The monoisotopic (exact) mass is 472 g/mol. The van der Waals surface area contributed by atoms with E-state index >= 15 is 0 Å². The number of nitrogens with one attached hydrogen (secondary N) is 1. The molecule has 3 aliphatic rings. The van der Waals surface area contributed by atoms with Crippen LogP contribution in [-0.2, 0) is 4.79 Å². The van der Waals surface area contributed by atoms with E-state index in [1.54, 1.807) is 18.2 Å². The van der Waals surface area contributed by atoms with Crippen molar-refractivity contribution in [1.29, 1.82) is 0 Å². The van der Waals surface area contributed by atoms with Gasteiger partial charge < -0.3 is 15.1 Å². The predicted octanol–water partition coefficient (Wildman–Crippen LogP) is 1.48. The van der Waals surface area contributed by atoms with E-state index in [9.17, 15) is 9.59 Å². The maximum atomic E-state index is 12.7. The van der Waals surface area contributed by atoms with Gasteiger partial charge in [-0.25, -0.2) is 4.98 Å². The van der Waals surface area contributed by atoms with E-state index in [2.05, 4.69) is 50.2 Å². The molecule has 1 aromatic heterocycles. The van der Waals surface area contributed by atoms with Gasteiger partial charge in [0.2, 0.25) is 5.91 Å². The summed E-state index contributed by atoms with van der Waals surface area (Å²) in [5, 5.41) is 9.39. The third-order valence-electron chi connectivity index (χ3n) is 5.62. The summed E-state index contributed by atoms with van der Waals surface area (Å²) in [6.07, 6.45) is 5.74. The molecule has 0 radical (unpaired) electrons. The number of allylic oxidation sites excluding steroid dienone is 2. The molecule has 30 heavy (non-hydrogen) atoms. The summed E-state index contributed by atoms with van der Waals surface area (Å²) in [5.74, 6) is -0.159. The van der Waals surface area contributed by atoms with Crippen molar-refractivity contribution in [3.8, 4) is 0 Å². The average Bonchev–Trinajstić information content (AvgIpc) is 3.03. The third-order valence-corrected chi connectivity index (χ3v) is 6.06. The number of pyridine rings is 1. The van der Waals surface area contributed by atoms with Crippen LogP contribution in [-0.4, -0.2) is 83.6 Å². The van der Waals surface area contributed by atoms with Crippen LogP contribution in [0, 0.1) is 5.41 Å². The summed E-state index contributed by atoms with van der Waals surface area (Å²) in [5.41, 5.74) is 1.58. The summed E-state index contributed by atoms with van der Waals surface area (Å²) >= 11 is 3.28. The minimum absolute atomic E-state index is 0.108. The molecule has 2 amide bonds. The van der Waals surface area contributed by atoms with E-state index in [-0.39, 0.29) is 23.8 Å². The number of carbonyl (C=O) groups excluding carboxylic acids is 2. The summed E-state index contributed by atoms with van der Waals surface area (Å²) in [7, 11) is 2.07. The number of piperazine rings is 1. The van der Waals surface area contributed by atoms with Crippen LogP contribution in [0.4, 0.5) is 0 Å². The fourth-order valence-electron chi connectivity index (χ4n) is 3.88. The largest absolute Gasteiger partial charge is 0.339 e. The third kappa shape index (κ3) is 4.46. The molecule has 1 atom stereocenters. The molecule has 4 rings (SSSR count). The van der Waals surface area contributed by atoms with Crippen LogP contribution in [0.15, 0.2) is 51.8 Å². The van der Waals surface area contributed by atoms with Gasteiger partial charge in [-0.3, -0.25) is 14.6 Å². The van der Waals surface area contributed by atoms with Gasteiger partial charge in [0.25, 0.3) is 5.91 Å². The fourth-order valence-corrected chi connectivity index (χ4v) is 4.22. The molecule has 1 unspecified atom stereocenters. The molecule has 2 aliphatic heterocycles. The second kappa shape index (κ2) is 8.31. The van der Waals surface area contributed by atoms with E-state index in [0.717, 1.165) is 31.9 Å². The number of hydrogen-bond donors (Lipinski definition) is 1. The van der Waals surface area contributed by atoms with E-state index < -0.39 is 0 Å². The first-order valence-corrected chi connectivity index (χ1v) is 10.8. The van der Waals surface area contributed by atoms with Gasteiger partial charge in [0.1, 0.15) is 16.8 Å². The molecule has 3 heterocycles. The Balaban J connectivity index is 1.39. The lowest BCUT2D eigenvalue weighted by Crippen LogP contribution is -2.49. The Morgan fingerprint density at radius 1 is 1.20 bits per heavy atom. The second-order valence-corrected chi connectivity index (χ2v) is 8.95. The van der Waals surface area contributed by atoms with Crippen LogP contribution < -0.4 is 5.32 Å². The molecular weight excluding hydrogens is 448 g/mol. The summed E-state index contributed by atoms with van der Waals surface area (Å²) in [6, 6.07) is 5.22. The van der Waals surface area contributed by atoms with E-state index in [1.807, 2.05) is 28.1 Å². The second-order valence-electron chi connectivity index (χ2n) is 8.14. The Morgan fingerprint density at radius 3 is 2.70 bits per heavy atom. The molecule has 1 aromatic rings. The topological polar surface area (TPSA) is 81.1 Å². The quantitative estimate of drug-likeness (QED) is 0.671. The number of amides is 2. The van der Waals surface area contributed by atoms with Gasteiger partial charge in [-0.2, -0.15) is 5.10 Å². The molecule has 0 spiro atoms. The zero-order valence-electron chi connectivity index (χ0n) is 17.1. The Labute approximate surface area is 184 Å². The van der Waals surface area contributed by atoms with Crippen molar-refractivity contribution in [2.45, 2.75) is 6.92 Å². The zero-order chi connectivity index (χ0) is 21.3. The van der Waals surface area contributed by atoms with Gasteiger partial charge in [0.15, 0.2) is 0 Å². The molecular formula is C21H25BrN6O2. The van der Waals surface area contributed by atoms with Crippen molar-refractivity contribution in [3.05, 3.63) is 52.4 Å². The lowest BCUT2D eigenvalue weighted by molar-refractivity contribution is -0.134. The molecule has 1 N–H and O–H groups in total. The van der Waals surface area contributed by atoms with Crippen LogP contribution in [0.3, 0.4) is 0 Å². The first kappa shape index (κ1) is 20.7. The van der Waals surface area contributed by atoms with E-state index in [0.29, 0.717) is 22.5 Å². The number of aromatic nitrogens is 1. The van der Waals surface area contributed by atoms with Crippen molar-refractivity contribution >= 4 is 33.5 Å². The lowest BCUT2D eigenvalue weighted by atomic mass is 9.81. The molecule has 1 fully saturated rings. The molecule has 0 bridgehead atoms. The minimum Gasteiger partial charge on any atom is -0.339 e. The van der Waals surface area contributed by atoms with Gasteiger partial charge in [-0.15, -0.1) is 0 Å². The molecule has 1 saturated heterocycles. The van der Waals surface area contributed by atoms with Crippen molar-refractivity contribution in [2.24, 2.45) is 10.5 Å². The Morgan fingerprint density at radius 2 is 1.97 bits per heavy atom.